The summed E-state index contributed by atoms with van der Waals surface area (Å²) in [6.07, 6.45) is 0.927. The van der Waals surface area contributed by atoms with Gasteiger partial charge in [0.2, 0.25) is 0 Å². The zero-order valence-corrected chi connectivity index (χ0v) is 20.5. The van der Waals surface area contributed by atoms with Crippen LogP contribution < -0.4 is 4.74 Å². The quantitative estimate of drug-likeness (QED) is 0.349. The van der Waals surface area contributed by atoms with Gasteiger partial charge in [-0.2, -0.15) is 0 Å². The molecule has 0 bridgehead atoms. The minimum atomic E-state index is -2.27. The highest BCUT2D eigenvalue weighted by atomic mass is 16.5. The van der Waals surface area contributed by atoms with Crippen LogP contribution in [0.15, 0.2) is 78.9 Å². The minimum Gasteiger partial charge on any atom is -0.493 e. The lowest BCUT2D eigenvalue weighted by atomic mass is 10.0. The molecule has 3 aromatic rings. The van der Waals surface area contributed by atoms with Gasteiger partial charge in [0.05, 0.1) is 6.61 Å². The van der Waals surface area contributed by atoms with E-state index in [4.69, 9.17) is 25.2 Å². The first-order valence-corrected chi connectivity index (χ1v) is 11.8. The maximum absolute atomic E-state index is 9.77. The van der Waals surface area contributed by atoms with Crippen molar-refractivity contribution in [2.75, 3.05) is 20.2 Å². The van der Waals surface area contributed by atoms with Crippen molar-refractivity contribution in [2.24, 2.45) is 0 Å². The normalized spacial score (nSPS) is 13.8. The number of fused-ring (bicyclic) bond motifs is 1. The molecule has 2 unspecified atom stereocenters. The number of benzene rings is 3. The van der Waals surface area contributed by atoms with E-state index in [0.29, 0.717) is 0 Å². The van der Waals surface area contributed by atoms with E-state index in [9.17, 15) is 9.59 Å². The van der Waals surface area contributed by atoms with Crippen molar-refractivity contribution < 1.29 is 34.8 Å². The summed E-state index contributed by atoms with van der Waals surface area (Å²) in [6.45, 7) is 2.69. The van der Waals surface area contributed by atoms with Crippen LogP contribution in [0.1, 0.15) is 16.7 Å². The fraction of sp³-hybridized carbons (Fsp3) is 0.241. The van der Waals surface area contributed by atoms with E-state index in [1.165, 1.54) is 27.8 Å². The Hall–Kier alpha value is -3.98. The molecule has 194 valence electrons. The van der Waals surface area contributed by atoms with Gasteiger partial charge < -0.3 is 25.2 Å². The predicted molar refractivity (Wildman–Crippen MR) is 140 cm³/mol. The minimum absolute atomic E-state index is 0.820. The van der Waals surface area contributed by atoms with Gasteiger partial charge in [-0.1, -0.05) is 78.9 Å². The summed E-state index contributed by atoms with van der Waals surface area (Å²) in [5.74, 6) is -2.48. The zero-order chi connectivity index (χ0) is 26.8. The number of carboxylic acid groups (broad SMARTS) is 2. The number of hydrogen-bond donors (Lipinski definition) is 4. The number of ether oxygens (including phenoxy) is 1. The van der Waals surface area contributed by atoms with E-state index in [1.54, 1.807) is 0 Å². The smallest absolute Gasteiger partial charge is 0.335 e. The molecular formula is C29H31NO7. The van der Waals surface area contributed by atoms with Crippen molar-refractivity contribution >= 4 is 18.0 Å². The molecule has 4 rings (SSSR count). The molecule has 0 amide bonds. The van der Waals surface area contributed by atoms with Gasteiger partial charge in [0.1, 0.15) is 5.75 Å². The first-order chi connectivity index (χ1) is 17.7. The van der Waals surface area contributed by atoms with Crippen LogP contribution in [0.2, 0.25) is 0 Å². The van der Waals surface area contributed by atoms with Crippen molar-refractivity contribution in [1.82, 2.24) is 4.90 Å². The third kappa shape index (κ3) is 8.28. The van der Waals surface area contributed by atoms with E-state index in [2.05, 4.69) is 90.8 Å². The van der Waals surface area contributed by atoms with Crippen LogP contribution in [0.3, 0.4) is 0 Å². The van der Waals surface area contributed by atoms with Crippen molar-refractivity contribution in [2.45, 2.75) is 25.2 Å². The summed E-state index contributed by atoms with van der Waals surface area (Å²) in [7, 11) is 2.16. The molecule has 0 saturated heterocycles. The standard InChI is InChI=1S/C25H25NO.C4H6O6/c1-26(19-21-11-14-25-24(18-21)15-17-27-25)16-5-6-20-9-12-23(13-10-20)22-7-3-2-4-8-22;5-1(3(7)8)2(6)4(9)10/h2-14,18H,15-17,19H2,1H3;1-2,5-6H,(H,7,8)(H,9,10)/b6-5+;. The molecular weight excluding hydrogens is 474 g/mol. The largest absolute Gasteiger partial charge is 0.493 e. The molecule has 8 nitrogen and oxygen atoms in total. The zero-order valence-electron chi connectivity index (χ0n) is 20.5. The number of rotatable bonds is 9. The highest BCUT2D eigenvalue weighted by Gasteiger charge is 2.29. The maximum atomic E-state index is 9.77. The van der Waals surface area contributed by atoms with E-state index in [1.807, 2.05) is 6.07 Å². The number of aliphatic hydroxyl groups is 2. The Labute approximate surface area is 215 Å². The molecule has 0 radical (unpaired) electrons. The summed E-state index contributed by atoms with van der Waals surface area (Å²) >= 11 is 0. The van der Waals surface area contributed by atoms with Crippen LogP contribution in [0.25, 0.3) is 17.2 Å². The highest BCUT2D eigenvalue weighted by Crippen LogP contribution is 2.26. The van der Waals surface area contributed by atoms with Crippen molar-refractivity contribution in [1.29, 1.82) is 0 Å². The second kappa shape index (κ2) is 13.4. The topological polar surface area (TPSA) is 128 Å². The molecule has 1 aliphatic heterocycles. The van der Waals surface area contributed by atoms with Gasteiger partial charge >= 0.3 is 11.9 Å². The third-order valence-corrected chi connectivity index (χ3v) is 5.76. The second-order valence-corrected chi connectivity index (χ2v) is 8.69. The van der Waals surface area contributed by atoms with Crippen LogP contribution >= 0.6 is 0 Å². The summed E-state index contributed by atoms with van der Waals surface area (Å²) in [5.41, 5.74) is 6.44. The first kappa shape index (κ1) is 27.6. The summed E-state index contributed by atoms with van der Waals surface area (Å²) in [5, 5.41) is 32.5. The molecule has 8 heteroatoms. The Morgan fingerprint density at radius 2 is 1.54 bits per heavy atom. The highest BCUT2D eigenvalue weighted by molar-refractivity contribution is 5.83. The fourth-order valence-electron chi connectivity index (χ4n) is 3.77. The molecule has 1 aliphatic rings. The monoisotopic (exact) mass is 505 g/mol. The van der Waals surface area contributed by atoms with E-state index in [0.717, 1.165) is 31.9 Å². The van der Waals surface area contributed by atoms with Crippen LogP contribution in [0, 0.1) is 0 Å². The van der Waals surface area contributed by atoms with Gasteiger partial charge in [-0.25, -0.2) is 9.59 Å². The van der Waals surface area contributed by atoms with Gasteiger partial charge in [-0.15, -0.1) is 0 Å². The average Bonchev–Trinajstić information content (AvgIpc) is 3.37. The van der Waals surface area contributed by atoms with Gasteiger partial charge in [0.25, 0.3) is 0 Å². The molecule has 1 heterocycles. The lowest BCUT2D eigenvalue weighted by Gasteiger charge is -2.15. The number of hydrogen-bond acceptors (Lipinski definition) is 6. The molecule has 2 atom stereocenters. The molecule has 0 aliphatic carbocycles. The number of likely N-dealkylation sites (N-methyl/N-ethyl adjacent to an activating group) is 1. The van der Waals surface area contributed by atoms with E-state index >= 15 is 0 Å². The number of aliphatic carboxylic acids is 2. The lowest BCUT2D eigenvalue weighted by Crippen LogP contribution is -2.39. The molecule has 0 fully saturated rings. The van der Waals surface area contributed by atoms with Crippen LogP contribution in [-0.4, -0.2) is 69.7 Å². The number of carbonyl (C=O) groups is 2. The number of carboxylic acids is 2. The molecule has 0 aromatic heterocycles. The molecule has 3 aromatic carbocycles. The van der Waals surface area contributed by atoms with Gasteiger partial charge in [0, 0.05) is 19.5 Å². The van der Waals surface area contributed by atoms with E-state index in [-0.39, 0.29) is 0 Å². The van der Waals surface area contributed by atoms with Crippen LogP contribution in [0.4, 0.5) is 0 Å². The molecule has 0 saturated carbocycles. The summed E-state index contributed by atoms with van der Waals surface area (Å²) in [6, 6.07) is 25.8. The van der Waals surface area contributed by atoms with Crippen molar-refractivity contribution in [3.8, 4) is 16.9 Å². The van der Waals surface area contributed by atoms with Crippen LogP contribution in [0.5, 0.6) is 5.75 Å². The Balaban J connectivity index is 0.000000325. The third-order valence-electron chi connectivity index (χ3n) is 5.76. The first-order valence-electron chi connectivity index (χ1n) is 11.8. The Morgan fingerprint density at radius 3 is 2.16 bits per heavy atom. The van der Waals surface area contributed by atoms with E-state index < -0.39 is 24.1 Å². The fourth-order valence-corrected chi connectivity index (χ4v) is 3.77. The number of aliphatic hydroxyl groups excluding tert-OH is 2. The van der Waals surface area contributed by atoms with Crippen molar-refractivity contribution in [3.05, 3.63) is 95.6 Å². The summed E-state index contributed by atoms with van der Waals surface area (Å²) in [4.78, 5) is 21.9. The Morgan fingerprint density at radius 1 is 0.919 bits per heavy atom. The van der Waals surface area contributed by atoms with Gasteiger partial charge in [0.15, 0.2) is 12.2 Å². The number of nitrogens with zero attached hydrogens (tertiary/aromatic N) is 1. The predicted octanol–water partition coefficient (Wildman–Crippen LogP) is 3.31. The Bertz CT molecular complexity index is 1190. The average molecular weight is 506 g/mol. The van der Waals surface area contributed by atoms with Crippen molar-refractivity contribution in [3.63, 3.8) is 0 Å². The molecule has 0 spiro atoms. The maximum Gasteiger partial charge on any atom is 0.335 e. The molecule has 4 N–H and O–H groups in total. The van der Waals surface area contributed by atoms with Crippen LogP contribution in [-0.2, 0) is 22.6 Å². The van der Waals surface area contributed by atoms with Gasteiger partial charge in [-0.05, 0) is 40.9 Å². The molecule has 37 heavy (non-hydrogen) atoms. The van der Waals surface area contributed by atoms with Gasteiger partial charge in [-0.3, -0.25) is 4.90 Å². The lowest BCUT2D eigenvalue weighted by molar-refractivity contribution is -0.165. The summed E-state index contributed by atoms with van der Waals surface area (Å²) < 4.78 is 5.58. The second-order valence-electron chi connectivity index (χ2n) is 8.69. The Kier molecular flexibility index (Phi) is 9.97. The SMILES string of the molecule is CN(C/C=C/c1ccc(-c2ccccc2)cc1)Cc1ccc2c(c1)CCO2.O=C(O)C(O)C(O)C(=O)O.